The standard InChI is InChI=1S/C17H20O2/c1-11-5-6-15(16(10-11)19-4)17(18)14-8-12(2)7-13(3)9-14/h5-10,17-18H,1-4H3. The van der Waals surface area contributed by atoms with Crippen molar-refractivity contribution in [3.8, 4) is 5.75 Å². The highest BCUT2D eigenvalue weighted by atomic mass is 16.5. The maximum Gasteiger partial charge on any atom is 0.125 e. The quantitative estimate of drug-likeness (QED) is 0.907. The molecule has 0 heterocycles. The molecule has 0 bridgehead atoms. The summed E-state index contributed by atoms with van der Waals surface area (Å²) < 4.78 is 5.37. The Morgan fingerprint density at radius 2 is 1.53 bits per heavy atom. The molecule has 100 valence electrons. The van der Waals surface area contributed by atoms with E-state index in [-0.39, 0.29) is 0 Å². The molecule has 2 aromatic carbocycles. The van der Waals surface area contributed by atoms with Crippen LogP contribution >= 0.6 is 0 Å². The van der Waals surface area contributed by atoms with Crippen LogP contribution in [0.2, 0.25) is 0 Å². The smallest absolute Gasteiger partial charge is 0.125 e. The van der Waals surface area contributed by atoms with E-state index in [4.69, 9.17) is 4.74 Å². The van der Waals surface area contributed by atoms with Gasteiger partial charge in [-0.25, -0.2) is 0 Å². The summed E-state index contributed by atoms with van der Waals surface area (Å²) in [5.41, 5.74) is 5.13. The Morgan fingerprint density at radius 3 is 2.11 bits per heavy atom. The van der Waals surface area contributed by atoms with Gasteiger partial charge in [0.25, 0.3) is 0 Å². The molecular weight excluding hydrogens is 236 g/mol. The van der Waals surface area contributed by atoms with E-state index < -0.39 is 6.10 Å². The lowest BCUT2D eigenvalue weighted by atomic mass is 9.96. The topological polar surface area (TPSA) is 29.5 Å². The van der Waals surface area contributed by atoms with Gasteiger partial charge in [-0.1, -0.05) is 41.5 Å². The van der Waals surface area contributed by atoms with Crippen LogP contribution in [-0.2, 0) is 0 Å². The van der Waals surface area contributed by atoms with Crippen LogP contribution in [0.4, 0.5) is 0 Å². The van der Waals surface area contributed by atoms with Crippen LogP contribution in [0.1, 0.15) is 33.9 Å². The van der Waals surface area contributed by atoms with E-state index in [1.54, 1.807) is 7.11 Å². The van der Waals surface area contributed by atoms with Crippen LogP contribution in [0, 0.1) is 20.8 Å². The van der Waals surface area contributed by atoms with E-state index in [1.807, 2.05) is 51.1 Å². The number of rotatable bonds is 3. The van der Waals surface area contributed by atoms with Gasteiger partial charge in [0.2, 0.25) is 0 Å². The first kappa shape index (κ1) is 13.6. The van der Waals surface area contributed by atoms with Gasteiger partial charge in [0, 0.05) is 5.56 Å². The molecule has 2 heteroatoms. The first-order valence-corrected chi connectivity index (χ1v) is 6.42. The third-order valence-corrected chi connectivity index (χ3v) is 3.24. The van der Waals surface area contributed by atoms with Crippen molar-refractivity contribution in [2.45, 2.75) is 26.9 Å². The molecule has 2 aromatic rings. The molecule has 1 unspecified atom stereocenters. The van der Waals surface area contributed by atoms with Gasteiger partial charge in [-0.15, -0.1) is 0 Å². The SMILES string of the molecule is COc1cc(C)ccc1C(O)c1cc(C)cc(C)c1. The molecule has 0 fully saturated rings. The monoisotopic (exact) mass is 256 g/mol. The Hall–Kier alpha value is -1.80. The Kier molecular flexibility index (Phi) is 3.91. The second-order valence-electron chi connectivity index (χ2n) is 5.07. The first-order valence-electron chi connectivity index (χ1n) is 6.42. The van der Waals surface area contributed by atoms with Gasteiger partial charge in [0.05, 0.1) is 7.11 Å². The molecule has 0 aliphatic heterocycles. The lowest BCUT2D eigenvalue weighted by Gasteiger charge is -2.17. The first-order chi connectivity index (χ1) is 9.01. The van der Waals surface area contributed by atoms with Crippen molar-refractivity contribution in [2.24, 2.45) is 0 Å². The summed E-state index contributed by atoms with van der Waals surface area (Å²) in [6.45, 7) is 6.08. The lowest BCUT2D eigenvalue weighted by molar-refractivity contribution is 0.214. The largest absolute Gasteiger partial charge is 0.496 e. The second-order valence-corrected chi connectivity index (χ2v) is 5.07. The number of ether oxygens (including phenoxy) is 1. The number of methoxy groups -OCH3 is 1. The van der Waals surface area contributed by atoms with E-state index in [2.05, 4.69) is 6.07 Å². The van der Waals surface area contributed by atoms with E-state index in [0.717, 1.165) is 33.6 Å². The van der Waals surface area contributed by atoms with Crippen molar-refractivity contribution in [1.29, 1.82) is 0 Å². The number of hydrogen-bond donors (Lipinski definition) is 1. The predicted octanol–water partition coefficient (Wildman–Crippen LogP) is 3.70. The lowest BCUT2D eigenvalue weighted by Crippen LogP contribution is -2.03. The van der Waals surface area contributed by atoms with E-state index in [1.165, 1.54) is 0 Å². The summed E-state index contributed by atoms with van der Waals surface area (Å²) in [7, 11) is 1.63. The molecule has 2 nitrogen and oxygen atoms in total. The summed E-state index contributed by atoms with van der Waals surface area (Å²) in [5.74, 6) is 0.728. The van der Waals surface area contributed by atoms with Gasteiger partial charge in [0.1, 0.15) is 11.9 Å². The summed E-state index contributed by atoms with van der Waals surface area (Å²) in [5, 5.41) is 10.6. The molecule has 0 aliphatic carbocycles. The minimum atomic E-state index is -0.658. The second kappa shape index (κ2) is 5.45. The average Bonchev–Trinajstić information content (AvgIpc) is 2.36. The molecule has 0 aliphatic rings. The highest BCUT2D eigenvalue weighted by Crippen LogP contribution is 2.31. The van der Waals surface area contributed by atoms with Gasteiger partial charge in [-0.2, -0.15) is 0 Å². The van der Waals surface area contributed by atoms with Crippen molar-refractivity contribution in [2.75, 3.05) is 7.11 Å². The van der Waals surface area contributed by atoms with Crippen molar-refractivity contribution >= 4 is 0 Å². The van der Waals surface area contributed by atoms with Gasteiger partial charge in [0.15, 0.2) is 0 Å². The van der Waals surface area contributed by atoms with Crippen molar-refractivity contribution in [3.63, 3.8) is 0 Å². The summed E-state index contributed by atoms with van der Waals surface area (Å²) in [6, 6.07) is 12.0. The Morgan fingerprint density at radius 1 is 0.895 bits per heavy atom. The third kappa shape index (κ3) is 2.96. The van der Waals surface area contributed by atoms with Crippen LogP contribution in [0.15, 0.2) is 36.4 Å². The van der Waals surface area contributed by atoms with Gasteiger partial charge < -0.3 is 9.84 Å². The summed E-state index contributed by atoms with van der Waals surface area (Å²) in [4.78, 5) is 0. The van der Waals surface area contributed by atoms with E-state index >= 15 is 0 Å². The van der Waals surface area contributed by atoms with Gasteiger partial charge in [-0.3, -0.25) is 0 Å². The average molecular weight is 256 g/mol. The molecule has 0 spiro atoms. The van der Waals surface area contributed by atoms with E-state index in [9.17, 15) is 5.11 Å². The molecule has 1 N–H and O–H groups in total. The number of hydrogen-bond acceptors (Lipinski definition) is 2. The zero-order valence-corrected chi connectivity index (χ0v) is 11.9. The molecule has 0 saturated carbocycles. The fourth-order valence-electron chi connectivity index (χ4n) is 2.39. The summed E-state index contributed by atoms with van der Waals surface area (Å²) in [6.07, 6.45) is -0.658. The van der Waals surface area contributed by atoms with Gasteiger partial charge >= 0.3 is 0 Å². The highest BCUT2D eigenvalue weighted by Gasteiger charge is 2.16. The fraction of sp³-hybridized carbons (Fsp3) is 0.294. The molecule has 0 amide bonds. The van der Waals surface area contributed by atoms with E-state index in [0.29, 0.717) is 0 Å². The Balaban J connectivity index is 2.46. The molecule has 2 rings (SSSR count). The third-order valence-electron chi connectivity index (χ3n) is 3.24. The minimum Gasteiger partial charge on any atom is -0.496 e. The molecule has 19 heavy (non-hydrogen) atoms. The van der Waals surface area contributed by atoms with Crippen LogP contribution in [0.25, 0.3) is 0 Å². The van der Waals surface area contributed by atoms with Crippen LogP contribution < -0.4 is 4.74 Å². The Bertz CT molecular complexity index is 568. The van der Waals surface area contributed by atoms with Crippen LogP contribution in [0.3, 0.4) is 0 Å². The number of benzene rings is 2. The number of aliphatic hydroxyl groups is 1. The summed E-state index contributed by atoms with van der Waals surface area (Å²) >= 11 is 0. The molecule has 0 saturated heterocycles. The van der Waals surface area contributed by atoms with Crippen molar-refractivity contribution in [1.82, 2.24) is 0 Å². The predicted molar refractivity (Wildman–Crippen MR) is 77.7 cm³/mol. The zero-order valence-electron chi connectivity index (χ0n) is 11.9. The maximum atomic E-state index is 10.6. The normalized spacial score (nSPS) is 12.3. The number of aryl methyl sites for hydroxylation is 3. The van der Waals surface area contributed by atoms with Crippen LogP contribution in [0.5, 0.6) is 5.75 Å². The van der Waals surface area contributed by atoms with Gasteiger partial charge in [-0.05, 0) is 38.0 Å². The molecule has 0 aromatic heterocycles. The highest BCUT2D eigenvalue weighted by molar-refractivity contribution is 5.44. The van der Waals surface area contributed by atoms with Crippen molar-refractivity contribution < 1.29 is 9.84 Å². The molecular formula is C17H20O2. The number of aliphatic hydroxyl groups excluding tert-OH is 1. The minimum absolute atomic E-state index is 0.658. The Labute approximate surface area is 114 Å². The van der Waals surface area contributed by atoms with Crippen LogP contribution in [-0.4, -0.2) is 12.2 Å². The molecule has 1 atom stereocenters. The molecule has 0 radical (unpaired) electrons. The fourth-order valence-corrected chi connectivity index (χ4v) is 2.39. The maximum absolute atomic E-state index is 10.6. The van der Waals surface area contributed by atoms with Crippen molar-refractivity contribution in [3.05, 3.63) is 64.2 Å². The zero-order chi connectivity index (χ0) is 14.0.